The van der Waals surface area contributed by atoms with Gasteiger partial charge in [-0.3, -0.25) is 4.57 Å². The third-order valence-corrected chi connectivity index (χ3v) is 3.64. The first-order valence-corrected chi connectivity index (χ1v) is 8.98. The molecule has 0 radical (unpaired) electrons. The van der Waals surface area contributed by atoms with Crippen LogP contribution in [0.25, 0.3) is 0 Å². The maximum Gasteiger partial charge on any atom is 0.351 e. The van der Waals surface area contributed by atoms with Crippen molar-refractivity contribution in [1.82, 2.24) is 9.55 Å². The normalized spacial score (nSPS) is 20.0. The molecule has 0 spiro atoms. The van der Waals surface area contributed by atoms with E-state index in [1.807, 2.05) is 6.92 Å². The predicted octanol–water partition coefficient (Wildman–Crippen LogP) is -0.348. The van der Waals surface area contributed by atoms with E-state index < -0.39 is 8.60 Å². The molecule has 2 heterocycles. The molecule has 12 heteroatoms. The van der Waals surface area contributed by atoms with Gasteiger partial charge in [0, 0.05) is 24.1 Å². The lowest BCUT2D eigenvalue weighted by Crippen LogP contribution is -2.29. The van der Waals surface area contributed by atoms with Crippen LogP contribution in [0.1, 0.15) is 24.6 Å². The van der Waals surface area contributed by atoms with Crippen LogP contribution in [0, 0.1) is 6.92 Å². The van der Waals surface area contributed by atoms with E-state index in [4.69, 9.17) is 19.6 Å². The van der Waals surface area contributed by atoms with Gasteiger partial charge in [-0.05, 0) is 19.8 Å². The van der Waals surface area contributed by atoms with Crippen molar-refractivity contribution in [1.29, 1.82) is 0 Å². The van der Waals surface area contributed by atoms with E-state index in [1.54, 1.807) is 6.20 Å². The summed E-state index contributed by atoms with van der Waals surface area (Å²) in [7, 11) is -2.32. The first-order valence-electron chi connectivity index (χ1n) is 7.18. The Morgan fingerprint density at radius 1 is 1.58 bits per heavy atom. The Kier molecular flexibility index (Phi) is 9.71. The fourth-order valence-electron chi connectivity index (χ4n) is 2.15. The molecule has 2 unspecified atom stereocenters. The molecular formula is C12H23N4O6PS. The third-order valence-electron chi connectivity index (χ3n) is 3.23. The fraction of sp³-hybridized carbons (Fsp3) is 0.667. The number of hydrogen-bond acceptors (Lipinski definition) is 10. The van der Waals surface area contributed by atoms with Crippen molar-refractivity contribution in [3.8, 4) is 0 Å². The first-order chi connectivity index (χ1) is 11.4. The number of aromatic nitrogens is 2. The standard InChI is InChI=1S/C12H19N3O3S.H4NO3P/c1-8-6-15(10-3-2-9(7-16)18-10)12(17)14-11(8)13-4-5-19;1-4-5(2)3/h6,9-10,16,19H,2-5,7H2,1H3,(H,13,14,17);2-3H,1H2. The Morgan fingerprint density at radius 2 is 2.25 bits per heavy atom. The van der Waals surface area contributed by atoms with Gasteiger partial charge in [0.25, 0.3) is 0 Å². The molecule has 2 rings (SSSR count). The van der Waals surface area contributed by atoms with Crippen molar-refractivity contribution >= 4 is 27.0 Å². The van der Waals surface area contributed by atoms with Crippen LogP contribution in [0.3, 0.4) is 0 Å². The van der Waals surface area contributed by atoms with Crippen molar-refractivity contribution in [3.63, 3.8) is 0 Å². The molecule has 1 aliphatic heterocycles. The van der Waals surface area contributed by atoms with Gasteiger partial charge in [-0.15, -0.1) is 0 Å². The zero-order chi connectivity index (χ0) is 18.1. The van der Waals surface area contributed by atoms with E-state index >= 15 is 0 Å². The highest BCUT2D eigenvalue weighted by Crippen LogP contribution is 2.27. The number of aliphatic hydroxyl groups excluding tert-OH is 1. The molecule has 1 aromatic rings. The van der Waals surface area contributed by atoms with Crippen LogP contribution in [0.5, 0.6) is 0 Å². The molecule has 0 saturated carbocycles. The van der Waals surface area contributed by atoms with Crippen LogP contribution >= 0.6 is 21.2 Å². The summed E-state index contributed by atoms with van der Waals surface area (Å²) in [6, 6.07) is 0. The maximum absolute atomic E-state index is 12.0. The zero-order valence-electron chi connectivity index (χ0n) is 13.2. The number of anilines is 1. The molecule has 1 saturated heterocycles. The van der Waals surface area contributed by atoms with Crippen LogP contribution < -0.4 is 16.9 Å². The van der Waals surface area contributed by atoms with Gasteiger partial charge in [-0.25, -0.2) is 15.3 Å². The molecule has 2 atom stereocenters. The number of thiol groups is 1. The Balaban J connectivity index is 0.000000505. The lowest BCUT2D eigenvalue weighted by molar-refractivity contribution is -0.0246. The van der Waals surface area contributed by atoms with Gasteiger partial charge in [0.1, 0.15) is 12.0 Å². The van der Waals surface area contributed by atoms with Gasteiger partial charge in [0.2, 0.25) is 0 Å². The molecule has 138 valence electrons. The largest absolute Gasteiger partial charge is 0.394 e. The zero-order valence-corrected chi connectivity index (χ0v) is 15.0. The summed E-state index contributed by atoms with van der Waals surface area (Å²) in [5, 5.41) is 12.1. The van der Waals surface area contributed by atoms with Gasteiger partial charge in [0.15, 0.2) is 0 Å². The van der Waals surface area contributed by atoms with Crippen molar-refractivity contribution < 1.29 is 24.3 Å². The average molecular weight is 382 g/mol. The van der Waals surface area contributed by atoms with Gasteiger partial charge in [-0.1, -0.05) is 0 Å². The topological polar surface area (TPSA) is 152 Å². The van der Waals surface area contributed by atoms with E-state index in [1.165, 1.54) is 4.57 Å². The minimum Gasteiger partial charge on any atom is -0.394 e. The second kappa shape index (κ2) is 11.0. The van der Waals surface area contributed by atoms with Crippen molar-refractivity contribution in [2.75, 3.05) is 24.2 Å². The molecule has 1 aliphatic rings. The van der Waals surface area contributed by atoms with E-state index in [0.717, 1.165) is 18.4 Å². The summed E-state index contributed by atoms with van der Waals surface area (Å²) in [4.78, 5) is 31.3. The van der Waals surface area contributed by atoms with Crippen LogP contribution in [-0.4, -0.2) is 49.5 Å². The van der Waals surface area contributed by atoms with Crippen LogP contribution in [0.15, 0.2) is 11.0 Å². The number of nitrogens with two attached hydrogens (primary N) is 1. The van der Waals surface area contributed by atoms with E-state index in [9.17, 15) is 4.79 Å². The summed E-state index contributed by atoms with van der Waals surface area (Å²) in [6.07, 6.45) is 2.72. The second-order valence-corrected chi connectivity index (χ2v) is 6.11. The molecule has 0 amide bonds. The second-order valence-electron chi connectivity index (χ2n) is 4.94. The Hall–Kier alpha value is -0.780. The highest BCUT2D eigenvalue weighted by molar-refractivity contribution is 7.80. The van der Waals surface area contributed by atoms with Crippen LogP contribution in [0.4, 0.5) is 5.82 Å². The fourth-order valence-corrected chi connectivity index (χ4v) is 2.26. The quantitative estimate of drug-likeness (QED) is 0.220. The Morgan fingerprint density at radius 3 is 2.75 bits per heavy atom. The van der Waals surface area contributed by atoms with Crippen molar-refractivity contribution in [2.24, 2.45) is 5.90 Å². The maximum atomic E-state index is 12.0. The highest BCUT2D eigenvalue weighted by atomic mass is 32.1. The van der Waals surface area contributed by atoms with Gasteiger partial charge >= 0.3 is 14.3 Å². The highest BCUT2D eigenvalue weighted by Gasteiger charge is 2.27. The van der Waals surface area contributed by atoms with Crippen molar-refractivity contribution in [2.45, 2.75) is 32.1 Å². The number of rotatable bonds is 6. The molecule has 0 aliphatic carbocycles. The summed E-state index contributed by atoms with van der Waals surface area (Å²) >= 11 is 4.11. The monoisotopic (exact) mass is 382 g/mol. The first kappa shape index (κ1) is 21.3. The number of nitrogens with zero attached hydrogens (tertiary/aromatic N) is 2. The molecule has 1 aromatic heterocycles. The van der Waals surface area contributed by atoms with Gasteiger partial charge < -0.3 is 24.9 Å². The van der Waals surface area contributed by atoms with E-state index in [0.29, 0.717) is 18.1 Å². The number of aryl methyl sites for hydroxylation is 1. The minimum absolute atomic E-state index is 0.0146. The lowest BCUT2D eigenvalue weighted by Gasteiger charge is -2.16. The summed E-state index contributed by atoms with van der Waals surface area (Å²) in [5.74, 6) is 5.46. The molecule has 10 nitrogen and oxygen atoms in total. The Labute approximate surface area is 146 Å². The van der Waals surface area contributed by atoms with Crippen molar-refractivity contribution in [3.05, 3.63) is 22.2 Å². The van der Waals surface area contributed by atoms with Crippen LogP contribution in [0.2, 0.25) is 0 Å². The average Bonchev–Trinajstić information content (AvgIpc) is 3.04. The summed E-state index contributed by atoms with van der Waals surface area (Å²) in [5.41, 5.74) is 0.549. The lowest BCUT2D eigenvalue weighted by atomic mass is 10.2. The SMILES string of the molecule is Cc1cn(C2CCC(CO)O2)c(=O)nc1NCCS.NOP(O)O. The molecular weight excluding hydrogens is 359 g/mol. The number of hydrogen-bond donors (Lipinski definition) is 6. The number of ether oxygens (including phenoxy) is 1. The van der Waals surface area contributed by atoms with Gasteiger partial charge in [0.05, 0.1) is 12.7 Å². The summed E-state index contributed by atoms with van der Waals surface area (Å²) in [6.45, 7) is 2.54. The van der Waals surface area contributed by atoms with Gasteiger partial charge in [-0.2, -0.15) is 17.6 Å². The number of aliphatic hydroxyl groups is 1. The molecule has 6 N–H and O–H groups in total. The minimum atomic E-state index is -2.32. The Bertz CT molecular complexity index is 561. The molecule has 1 fully saturated rings. The third kappa shape index (κ3) is 6.61. The van der Waals surface area contributed by atoms with E-state index in [2.05, 4.69) is 33.5 Å². The summed E-state index contributed by atoms with van der Waals surface area (Å²) < 4.78 is 10.5. The molecule has 0 bridgehead atoms. The van der Waals surface area contributed by atoms with Crippen LogP contribution in [-0.2, 0) is 9.36 Å². The van der Waals surface area contributed by atoms with E-state index in [-0.39, 0.29) is 24.6 Å². The molecule has 24 heavy (non-hydrogen) atoms. The number of nitrogens with one attached hydrogen (secondary N) is 1. The predicted molar refractivity (Wildman–Crippen MR) is 92.4 cm³/mol. The smallest absolute Gasteiger partial charge is 0.351 e. The molecule has 0 aromatic carbocycles.